The van der Waals surface area contributed by atoms with Crippen molar-refractivity contribution in [2.45, 2.75) is 62.2 Å². The average Bonchev–Trinajstić information content (AvgIpc) is 3.23. The third kappa shape index (κ3) is 4.22. The number of benzene rings is 1. The van der Waals surface area contributed by atoms with E-state index in [9.17, 15) is 23.4 Å². The molecule has 10 nitrogen and oxygen atoms in total. The van der Waals surface area contributed by atoms with E-state index < -0.39 is 54.5 Å². The Bertz CT molecular complexity index is 1220. The van der Waals surface area contributed by atoms with Crippen LogP contribution in [0.1, 0.15) is 31.5 Å². The second-order valence-corrected chi connectivity index (χ2v) is 9.27. The largest absolute Gasteiger partial charge is 0.394 e. The summed E-state index contributed by atoms with van der Waals surface area (Å²) in [6, 6.07) is 0.952. The lowest BCUT2D eigenvalue weighted by Gasteiger charge is -2.43. The summed E-state index contributed by atoms with van der Waals surface area (Å²) in [5, 5.41) is 37.1. The van der Waals surface area contributed by atoms with Gasteiger partial charge in [0.05, 0.1) is 25.0 Å². The molecule has 2 aliphatic rings. The number of rotatable bonds is 7. The minimum absolute atomic E-state index is 0.0327. The van der Waals surface area contributed by atoms with Gasteiger partial charge in [-0.2, -0.15) is 0 Å². The van der Waals surface area contributed by atoms with Gasteiger partial charge in [0.25, 0.3) is 0 Å². The van der Waals surface area contributed by atoms with Gasteiger partial charge in [-0.25, -0.2) is 22.5 Å². The lowest BCUT2D eigenvalue weighted by molar-refractivity contribution is -0.216. The van der Waals surface area contributed by atoms with Crippen molar-refractivity contribution in [2.24, 2.45) is 0 Å². The van der Waals surface area contributed by atoms with Crippen LogP contribution >= 0.6 is 0 Å². The lowest BCUT2D eigenvalue weighted by atomic mass is 9.92. The number of hydrogen-bond donors (Lipinski definition) is 2. The third-order valence-electron chi connectivity index (χ3n) is 6.89. The van der Waals surface area contributed by atoms with Crippen LogP contribution in [-0.4, -0.2) is 78.3 Å². The fourth-order valence-corrected chi connectivity index (χ4v) is 4.47. The Balaban J connectivity index is 1.44. The van der Waals surface area contributed by atoms with Gasteiger partial charge in [-0.05, 0) is 25.0 Å². The van der Waals surface area contributed by atoms with E-state index in [4.69, 9.17) is 9.47 Å². The second kappa shape index (κ2) is 8.97. The molecular weight excluding hydrogens is 469 g/mol. The molecule has 3 heterocycles. The van der Waals surface area contributed by atoms with Crippen LogP contribution in [0.2, 0.25) is 0 Å². The molecule has 0 bridgehead atoms. The molecule has 1 aliphatic heterocycles. The molecular formula is C22H25F3N6O4. The standard InChI is InChI=1S/C22H25F3N6O4/c1-22(5-6-22)16-9-30(28-27-16)8-14-21(34-2)19(20(33)15(10-32)35-14)31-7-13(26-29-31)11-3-4-12(23)18(25)17(11)24/h3-4,7,9,14-15,19-21,32-33H,5-6,8,10H2,1-2H3/t14-,15-,19+,20+,21+/m1/s1. The van der Waals surface area contributed by atoms with Crippen LogP contribution in [0.5, 0.6) is 0 Å². The van der Waals surface area contributed by atoms with Crippen molar-refractivity contribution >= 4 is 0 Å². The predicted molar refractivity (Wildman–Crippen MR) is 114 cm³/mol. The highest BCUT2D eigenvalue weighted by molar-refractivity contribution is 5.58. The summed E-state index contributed by atoms with van der Waals surface area (Å²) in [4.78, 5) is 0. The molecule has 1 aliphatic carbocycles. The van der Waals surface area contributed by atoms with Crippen molar-refractivity contribution in [3.8, 4) is 11.3 Å². The van der Waals surface area contributed by atoms with Gasteiger partial charge in [-0.15, -0.1) is 10.2 Å². The summed E-state index contributed by atoms with van der Waals surface area (Å²) in [5.41, 5.74) is 0.563. The molecule has 3 aromatic rings. The van der Waals surface area contributed by atoms with Crippen LogP contribution in [0, 0.1) is 17.5 Å². The Kier molecular flexibility index (Phi) is 6.11. The highest BCUT2D eigenvalue weighted by atomic mass is 19.2. The maximum absolute atomic E-state index is 14.3. The minimum atomic E-state index is -1.62. The molecule has 35 heavy (non-hydrogen) atoms. The van der Waals surface area contributed by atoms with Gasteiger partial charge in [0.1, 0.15) is 36.2 Å². The zero-order valence-corrected chi connectivity index (χ0v) is 19.1. The number of aliphatic hydroxyl groups is 2. The van der Waals surface area contributed by atoms with Crippen molar-refractivity contribution < 1.29 is 32.9 Å². The Morgan fingerprint density at radius 1 is 1.11 bits per heavy atom. The molecule has 1 saturated carbocycles. The smallest absolute Gasteiger partial charge is 0.195 e. The van der Waals surface area contributed by atoms with Crippen LogP contribution < -0.4 is 0 Å². The number of hydrogen-bond acceptors (Lipinski definition) is 8. The Hall–Kier alpha value is -2.87. The van der Waals surface area contributed by atoms with E-state index in [0.717, 1.165) is 30.7 Å². The molecule has 2 fully saturated rings. The molecule has 5 rings (SSSR count). The first-order valence-corrected chi connectivity index (χ1v) is 11.2. The third-order valence-corrected chi connectivity index (χ3v) is 6.89. The quantitative estimate of drug-likeness (QED) is 0.473. The Morgan fingerprint density at radius 2 is 1.89 bits per heavy atom. The zero-order chi connectivity index (χ0) is 24.9. The monoisotopic (exact) mass is 494 g/mol. The minimum Gasteiger partial charge on any atom is -0.394 e. The van der Waals surface area contributed by atoms with E-state index in [1.807, 2.05) is 6.20 Å². The summed E-state index contributed by atoms with van der Waals surface area (Å²) in [5.74, 6) is -4.34. The molecule has 0 unspecified atom stereocenters. The number of nitrogens with zero attached hydrogens (tertiary/aromatic N) is 6. The van der Waals surface area contributed by atoms with Crippen molar-refractivity contribution in [2.75, 3.05) is 13.7 Å². The van der Waals surface area contributed by atoms with E-state index in [2.05, 4.69) is 27.5 Å². The molecule has 0 radical (unpaired) electrons. The first kappa shape index (κ1) is 23.9. The van der Waals surface area contributed by atoms with Crippen LogP contribution in [0.15, 0.2) is 24.5 Å². The number of halogens is 3. The van der Waals surface area contributed by atoms with Gasteiger partial charge in [0.15, 0.2) is 17.5 Å². The predicted octanol–water partition coefficient (Wildman–Crippen LogP) is 1.38. The Morgan fingerprint density at radius 3 is 2.57 bits per heavy atom. The van der Waals surface area contributed by atoms with Crippen LogP contribution in [0.3, 0.4) is 0 Å². The van der Waals surface area contributed by atoms with Crippen molar-refractivity contribution in [1.29, 1.82) is 0 Å². The highest BCUT2D eigenvalue weighted by Gasteiger charge is 2.48. The molecule has 0 amide bonds. The molecule has 1 saturated heterocycles. The zero-order valence-electron chi connectivity index (χ0n) is 19.1. The summed E-state index contributed by atoms with van der Waals surface area (Å²) in [6.45, 7) is 1.86. The first-order chi connectivity index (χ1) is 16.8. The Labute approximate surface area is 198 Å². The first-order valence-electron chi connectivity index (χ1n) is 11.2. The lowest BCUT2D eigenvalue weighted by Crippen LogP contribution is -2.57. The average molecular weight is 494 g/mol. The van der Waals surface area contributed by atoms with E-state index >= 15 is 0 Å². The number of methoxy groups -OCH3 is 1. The van der Waals surface area contributed by atoms with Crippen molar-refractivity contribution in [1.82, 2.24) is 30.0 Å². The van der Waals surface area contributed by atoms with Gasteiger partial charge in [0, 0.05) is 24.3 Å². The van der Waals surface area contributed by atoms with Gasteiger partial charge in [0.2, 0.25) is 0 Å². The summed E-state index contributed by atoms with van der Waals surface area (Å²) >= 11 is 0. The van der Waals surface area contributed by atoms with Crippen molar-refractivity contribution in [3.63, 3.8) is 0 Å². The van der Waals surface area contributed by atoms with Gasteiger partial charge < -0.3 is 19.7 Å². The SMILES string of the molecule is CO[C@@H]1[C@@H](n2cc(-c3ccc(F)c(F)c3F)nn2)[C@@H](O)[C@@H](CO)O[C@@H]1Cn1cc(C2(C)CC2)nn1. The van der Waals surface area contributed by atoms with E-state index in [0.29, 0.717) is 0 Å². The van der Waals surface area contributed by atoms with Gasteiger partial charge in [-0.1, -0.05) is 17.4 Å². The molecule has 188 valence electrons. The second-order valence-electron chi connectivity index (χ2n) is 9.27. The van der Waals surface area contributed by atoms with E-state index in [1.54, 1.807) is 4.68 Å². The summed E-state index contributed by atoms with van der Waals surface area (Å²) < 4.78 is 55.8. The molecule has 1 aromatic carbocycles. The molecule has 5 atom stereocenters. The van der Waals surface area contributed by atoms with Crippen LogP contribution in [-0.2, 0) is 21.4 Å². The summed E-state index contributed by atoms with van der Waals surface area (Å²) in [6.07, 6.45) is 1.54. The van der Waals surface area contributed by atoms with Crippen molar-refractivity contribution in [3.05, 3.63) is 47.7 Å². The van der Waals surface area contributed by atoms with E-state index in [1.165, 1.54) is 18.0 Å². The molecule has 0 spiro atoms. The molecule has 13 heteroatoms. The van der Waals surface area contributed by atoms with E-state index in [-0.39, 0.29) is 23.2 Å². The van der Waals surface area contributed by atoms with Crippen LogP contribution in [0.25, 0.3) is 11.3 Å². The topological polar surface area (TPSA) is 120 Å². The molecule has 2 aromatic heterocycles. The summed E-state index contributed by atoms with van der Waals surface area (Å²) in [7, 11) is 1.44. The maximum atomic E-state index is 14.3. The number of aliphatic hydroxyl groups excluding tert-OH is 2. The normalized spacial score (nSPS) is 27.8. The fourth-order valence-electron chi connectivity index (χ4n) is 4.47. The van der Waals surface area contributed by atoms with Gasteiger partial charge >= 0.3 is 0 Å². The van der Waals surface area contributed by atoms with Crippen LogP contribution in [0.4, 0.5) is 13.2 Å². The highest BCUT2D eigenvalue weighted by Crippen LogP contribution is 2.46. The number of ether oxygens (including phenoxy) is 2. The van der Waals surface area contributed by atoms with Gasteiger partial charge in [-0.3, -0.25) is 0 Å². The fraction of sp³-hybridized carbons (Fsp3) is 0.545. The maximum Gasteiger partial charge on any atom is 0.195 e. The number of aromatic nitrogens is 6. The molecule has 2 N–H and O–H groups in total.